The van der Waals surface area contributed by atoms with Gasteiger partial charge in [-0.15, -0.1) is 0 Å². The van der Waals surface area contributed by atoms with Crippen molar-refractivity contribution in [1.29, 1.82) is 0 Å². The number of thiocarbonyl (C=S) groups is 1. The van der Waals surface area contributed by atoms with Crippen LogP contribution in [0, 0.1) is 5.92 Å². The Morgan fingerprint density at radius 3 is 2.15 bits per heavy atom. The maximum absolute atomic E-state index is 12.3. The summed E-state index contributed by atoms with van der Waals surface area (Å²) < 4.78 is 0. The van der Waals surface area contributed by atoms with Gasteiger partial charge in [0.2, 0.25) is 5.91 Å². The summed E-state index contributed by atoms with van der Waals surface area (Å²) in [4.78, 5) is 17.2. The first-order valence-electron chi connectivity index (χ1n) is 7.83. The van der Waals surface area contributed by atoms with Crippen LogP contribution in [0.5, 0.6) is 0 Å². The number of rotatable bonds is 7. The molecule has 1 aliphatic rings. The molecule has 0 bridgehead atoms. The first-order chi connectivity index (χ1) is 9.51. The molecule has 2 atom stereocenters. The van der Waals surface area contributed by atoms with Crippen molar-refractivity contribution in [3.8, 4) is 0 Å². The molecule has 2 N–H and O–H groups in total. The topological polar surface area (TPSA) is 49.6 Å². The van der Waals surface area contributed by atoms with Crippen LogP contribution in [0.25, 0.3) is 0 Å². The lowest BCUT2D eigenvalue weighted by Crippen LogP contribution is -2.55. The van der Waals surface area contributed by atoms with Crippen LogP contribution in [-0.4, -0.2) is 52.9 Å². The quantitative estimate of drug-likeness (QED) is 0.731. The average Bonchev–Trinajstić information content (AvgIpc) is 2.44. The van der Waals surface area contributed by atoms with Crippen molar-refractivity contribution in [3.05, 3.63) is 0 Å². The van der Waals surface area contributed by atoms with Gasteiger partial charge >= 0.3 is 0 Å². The second kappa shape index (κ2) is 8.57. The predicted molar refractivity (Wildman–Crippen MR) is 87.7 cm³/mol. The van der Waals surface area contributed by atoms with Crippen molar-refractivity contribution in [2.24, 2.45) is 11.7 Å². The molecule has 1 aliphatic heterocycles. The monoisotopic (exact) mass is 299 g/mol. The summed E-state index contributed by atoms with van der Waals surface area (Å²) >= 11 is 5.18. The number of carbonyl (C=O) groups excluding carboxylic acids is 1. The summed E-state index contributed by atoms with van der Waals surface area (Å²) in [5, 5.41) is 0. The van der Waals surface area contributed by atoms with Crippen molar-refractivity contribution >= 4 is 23.1 Å². The van der Waals surface area contributed by atoms with Crippen LogP contribution >= 0.6 is 12.2 Å². The molecule has 0 radical (unpaired) electrons. The van der Waals surface area contributed by atoms with Crippen molar-refractivity contribution in [3.63, 3.8) is 0 Å². The highest BCUT2D eigenvalue weighted by molar-refractivity contribution is 7.80. The minimum Gasteiger partial charge on any atom is -0.392 e. The maximum Gasteiger partial charge on any atom is 0.225 e. The van der Waals surface area contributed by atoms with Gasteiger partial charge in [-0.3, -0.25) is 9.69 Å². The van der Waals surface area contributed by atoms with Gasteiger partial charge in [-0.2, -0.15) is 0 Å². The Morgan fingerprint density at radius 2 is 1.70 bits per heavy atom. The molecule has 0 aromatic heterocycles. The number of hydrogen-bond donors (Lipinski definition) is 1. The van der Waals surface area contributed by atoms with E-state index in [1.54, 1.807) is 0 Å². The summed E-state index contributed by atoms with van der Waals surface area (Å²) in [5.74, 6) is 0.447. The van der Waals surface area contributed by atoms with Gasteiger partial charge in [0.05, 0.1) is 11.0 Å². The van der Waals surface area contributed by atoms with Crippen LogP contribution in [0.2, 0.25) is 0 Å². The molecular formula is C15H29N3OS. The second-order valence-electron chi connectivity index (χ2n) is 5.76. The fraction of sp³-hybridized carbons (Fsp3) is 0.867. The van der Waals surface area contributed by atoms with Crippen molar-refractivity contribution < 1.29 is 4.79 Å². The van der Waals surface area contributed by atoms with Crippen molar-refractivity contribution in [1.82, 2.24) is 9.80 Å². The number of piperazine rings is 1. The van der Waals surface area contributed by atoms with E-state index in [9.17, 15) is 4.79 Å². The zero-order valence-electron chi connectivity index (χ0n) is 13.1. The van der Waals surface area contributed by atoms with E-state index in [1.165, 1.54) is 0 Å². The van der Waals surface area contributed by atoms with E-state index in [0.29, 0.717) is 10.9 Å². The number of carbonyl (C=O) groups is 1. The van der Waals surface area contributed by atoms with Crippen LogP contribution in [0.4, 0.5) is 0 Å². The Labute approximate surface area is 128 Å². The lowest BCUT2D eigenvalue weighted by Gasteiger charge is -2.39. The third-order valence-corrected chi connectivity index (χ3v) is 4.37. The van der Waals surface area contributed by atoms with E-state index in [2.05, 4.69) is 18.7 Å². The molecule has 0 aromatic rings. The van der Waals surface area contributed by atoms with Gasteiger partial charge in [0.15, 0.2) is 0 Å². The largest absolute Gasteiger partial charge is 0.392 e. The number of nitrogens with zero attached hydrogens (tertiary/aromatic N) is 2. The van der Waals surface area contributed by atoms with Crippen LogP contribution in [0.3, 0.4) is 0 Å². The van der Waals surface area contributed by atoms with Crippen molar-refractivity contribution in [2.45, 2.75) is 52.5 Å². The van der Waals surface area contributed by atoms with E-state index in [0.717, 1.165) is 51.9 Å². The normalized spacial score (nSPS) is 19.6. The molecule has 4 nitrogen and oxygen atoms in total. The van der Waals surface area contributed by atoms with Gasteiger partial charge in [0, 0.05) is 32.1 Å². The van der Waals surface area contributed by atoms with Crippen LogP contribution in [0.1, 0.15) is 46.5 Å². The molecular weight excluding hydrogens is 270 g/mol. The molecule has 0 aliphatic carbocycles. The first kappa shape index (κ1) is 17.4. The smallest absolute Gasteiger partial charge is 0.225 e. The Balaban J connectivity index is 2.50. The molecule has 1 heterocycles. The predicted octanol–water partition coefficient (Wildman–Crippen LogP) is 2.02. The van der Waals surface area contributed by atoms with Crippen molar-refractivity contribution in [2.75, 3.05) is 26.2 Å². The number of nitrogens with two attached hydrogens (primary N) is 1. The van der Waals surface area contributed by atoms with Gasteiger partial charge in [0.25, 0.3) is 0 Å². The summed E-state index contributed by atoms with van der Waals surface area (Å²) in [6.07, 6.45) is 4.13. The van der Waals surface area contributed by atoms with E-state index < -0.39 is 0 Å². The summed E-state index contributed by atoms with van der Waals surface area (Å²) in [6, 6.07) is 0.195. The fourth-order valence-corrected chi connectivity index (χ4v) is 3.17. The molecule has 5 heteroatoms. The highest BCUT2D eigenvalue weighted by Crippen LogP contribution is 2.15. The standard InChI is InChI=1S/C15H29N3OS/c1-4-6-12(3)15(19)18-10-8-17(9-11-18)13(7-5-2)14(16)20/h12-13H,4-11H2,1-3H3,(H2,16,20). The highest BCUT2D eigenvalue weighted by atomic mass is 32.1. The van der Waals surface area contributed by atoms with Gasteiger partial charge in [-0.1, -0.05) is 45.8 Å². The van der Waals surface area contributed by atoms with Crippen LogP contribution in [0.15, 0.2) is 0 Å². The van der Waals surface area contributed by atoms with Gasteiger partial charge < -0.3 is 10.6 Å². The Morgan fingerprint density at radius 1 is 1.15 bits per heavy atom. The molecule has 0 saturated carbocycles. The fourth-order valence-electron chi connectivity index (χ4n) is 2.90. The SMILES string of the molecule is CCCC(C)C(=O)N1CCN(C(CCC)C(N)=S)CC1. The zero-order valence-corrected chi connectivity index (χ0v) is 13.9. The average molecular weight is 299 g/mol. The van der Waals surface area contributed by atoms with E-state index >= 15 is 0 Å². The lowest BCUT2D eigenvalue weighted by molar-refractivity contribution is -0.137. The number of hydrogen-bond acceptors (Lipinski definition) is 3. The Kier molecular flexibility index (Phi) is 7.45. The summed E-state index contributed by atoms with van der Waals surface area (Å²) in [6.45, 7) is 9.68. The summed E-state index contributed by atoms with van der Waals surface area (Å²) in [7, 11) is 0. The molecule has 116 valence electrons. The van der Waals surface area contributed by atoms with E-state index in [1.807, 2.05) is 11.8 Å². The summed E-state index contributed by atoms with van der Waals surface area (Å²) in [5.41, 5.74) is 5.85. The third kappa shape index (κ3) is 4.70. The minimum absolute atomic E-state index is 0.147. The molecule has 1 rings (SSSR count). The zero-order chi connectivity index (χ0) is 15.1. The Bertz CT molecular complexity index is 327. The first-order valence-corrected chi connectivity index (χ1v) is 8.24. The van der Waals surface area contributed by atoms with Gasteiger partial charge in [0.1, 0.15) is 0 Å². The molecule has 1 saturated heterocycles. The minimum atomic E-state index is 0.147. The van der Waals surface area contributed by atoms with Crippen LogP contribution in [-0.2, 0) is 4.79 Å². The highest BCUT2D eigenvalue weighted by Gasteiger charge is 2.28. The molecule has 2 unspecified atom stereocenters. The molecule has 1 amide bonds. The van der Waals surface area contributed by atoms with E-state index in [4.69, 9.17) is 18.0 Å². The van der Waals surface area contributed by atoms with Crippen LogP contribution < -0.4 is 5.73 Å². The Hall–Kier alpha value is -0.680. The van der Waals surface area contributed by atoms with Gasteiger partial charge in [-0.25, -0.2) is 0 Å². The molecule has 1 fully saturated rings. The number of amides is 1. The van der Waals surface area contributed by atoms with Gasteiger partial charge in [-0.05, 0) is 12.8 Å². The van der Waals surface area contributed by atoms with E-state index in [-0.39, 0.29) is 12.0 Å². The second-order valence-corrected chi connectivity index (χ2v) is 6.23. The molecule has 0 spiro atoms. The third-order valence-electron chi connectivity index (χ3n) is 4.10. The molecule has 0 aromatic carbocycles. The molecule has 20 heavy (non-hydrogen) atoms. The lowest BCUT2D eigenvalue weighted by atomic mass is 10.0. The maximum atomic E-state index is 12.3.